The Morgan fingerprint density at radius 3 is 2.96 bits per heavy atom. The number of imidazole rings is 1. The molecule has 0 spiro atoms. The van der Waals surface area contributed by atoms with Crippen LogP contribution in [0, 0.1) is 12.7 Å². The average molecular weight is 373 g/mol. The first-order valence-corrected chi connectivity index (χ1v) is 8.77. The van der Waals surface area contributed by atoms with E-state index in [2.05, 4.69) is 25.2 Å². The Balaban J connectivity index is 1.45. The molecule has 0 radical (unpaired) electrons. The number of aryl methyl sites for hydroxylation is 1. The first-order valence-electron chi connectivity index (χ1n) is 8.39. The van der Waals surface area contributed by atoms with Gasteiger partial charge in [0.15, 0.2) is 5.82 Å². The van der Waals surface area contributed by atoms with Gasteiger partial charge in [0.2, 0.25) is 0 Å². The lowest BCUT2D eigenvalue weighted by Gasteiger charge is -2.19. The van der Waals surface area contributed by atoms with Gasteiger partial charge in [-0.2, -0.15) is 0 Å². The SMILES string of the molecule is Cc1nccn1-c1cncc(NC2CCN(c3ccc(F)c(Cl)c3)C2)n1. The molecular formula is C18H18ClFN6. The second-order valence-corrected chi connectivity index (χ2v) is 6.69. The zero-order valence-electron chi connectivity index (χ0n) is 14.2. The van der Waals surface area contributed by atoms with Crippen LogP contribution in [0.25, 0.3) is 5.82 Å². The van der Waals surface area contributed by atoms with Crippen molar-refractivity contribution >= 4 is 23.1 Å². The van der Waals surface area contributed by atoms with Gasteiger partial charge in [-0.25, -0.2) is 14.4 Å². The fraction of sp³-hybridized carbons (Fsp3) is 0.278. The third-order valence-electron chi connectivity index (χ3n) is 4.50. The molecule has 26 heavy (non-hydrogen) atoms. The van der Waals surface area contributed by atoms with Gasteiger partial charge >= 0.3 is 0 Å². The molecule has 0 bridgehead atoms. The summed E-state index contributed by atoms with van der Waals surface area (Å²) in [5.41, 5.74) is 0.926. The van der Waals surface area contributed by atoms with Crippen molar-refractivity contribution in [1.29, 1.82) is 0 Å². The summed E-state index contributed by atoms with van der Waals surface area (Å²) in [5, 5.41) is 3.58. The van der Waals surface area contributed by atoms with Gasteiger partial charge in [0.05, 0.1) is 17.4 Å². The van der Waals surface area contributed by atoms with Crippen molar-refractivity contribution in [1.82, 2.24) is 19.5 Å². The summed E-state index contributed by atoms with van der Waals surface area (Å²) in [6, 6.07) is 5.06. The molecular weight excluding hydrogens is 355 g/mol. The number of aromatic nitrogens is 4. The Kier molecular flexibility index (Phi) is 4.46. The monoisotopic (exact) mass is 372 g/mol. The molecule has 8 heteroatoms. The van der Waals surface area contributed by atoms with Crippen LogP contribution >= 0.6 is 11.6 Å². The van der Waals surface area contributed by atoms with Crippen LogP contribution in [0.15, 0.2) is 43.0 Å². The number of halogens is 2. The summed E-state index contributed by atoms with van der Waals surface area (Å²) in [5.74, 6) is 1.91. The lowest BCUT2D eigenvalue weighted by molar-refractivity contribution is 0.628. The first kappa shape index (κ1) is 16.8. The molecule has 1 aliphatic rings. The van der Waals surface area contributed by atoms with Crippen LogP contribution in [0.5, 0.6) is 0 Å². The predicted octanol–water partition coefficient (Wildman–Crippen LogP) is 3.45. The van der Waals surface area contributed by atoms with Gasteiger partial charge in [-0.15, -0.1) is 0 Å². The fourth-order valence-electron chi connectivity index (χ4n) is 3.16. The molecule has 1 atom stereocenters. The number of benzene rings is 1. The van der Waals surface area contributed by atoms with E-state index in [9.17, 15) is 4.39 Å². The van der Waals surface area contributed by atoms with E-state index in [0.29, 0.717) is 0 Å². The molecule has 1 aromatic carbocycles. The van der Waals surface area contributed by atoms with Gasteiger partial charge in [0.1, 0.15) is 17.5 Å². The fourth-order valence-corrected chi connectivity index (χ4v) is 3.34. The minimum atomic E-state index is -0.397. The summed E-state index contributed by atoms with van der Waals surface area (Å²) in [7, 11) is 0. The maximum atomic E-state index is 13.3. The Morgan fingerprint density at radius 2 is 2.19 bits per heavy atom. The maximum absolute atomic E-state index is 13.3. The summed E-state index contributed by atoms with van der Waals surface area (Å²) >= 11 is 5.89. The lowest BCUT2D eigenvalue weighted by Crippen LogP contribution is -2.26. The van der Waals surface area contributed by atoms with E-state index in [0.717, 1.165) is 42.7 Å². The number of hydrogen-bond donors (Lipinski definition) is 1. The van der Waals surface area contributed by atoms with E-state index in [1.165, 1.54) is 6.07 Å². The topological polar surface area (TPSA) is 58.9 Å². The molecule has 1 saturated heterocycles. The molecule has 1 fully saturated rings. The van der Waals surface area contributed by atoms with E-state index >= 15 is 0 Å². The van der Waals surface area contributed by atoms with Crippen molar-refractivity contribution in [2.75, 3.05) is 23.3 Å². The van der Waals surface area contributed by atoms with E-state index in [1.54, 1.807) is 30.7 Å². The second kappa shape index (κ2) is 6.92. The lowest BCUT2D eigenvalue weighted by atomic mass is 10.2. The molecule has 0 saturated carbocycles. The van der Waals surface area contributed by atoms with Gasteiger partial charge < -0.3 is 10.2 Å². The zero-order chi connectivity index (χ0) is 18.1. The van der Waals surface area contributed by atoms with Gasteiger partial charge in [-0.1, -0.05) is 11.6 Å². The van der Waals surface area contributed by atoms with Crippen LogP contribution in [-0.2, 0) is 0 Å². The highest BCUT2D eigenvalue weighted by atomic mass is 35.5. The first-order chi connectivity index (χ1) is 12.6. The van der Waals surface area contributed by atoms with E-state index in [-0.39, 0.29) is 11.1 Å². The zero-order valence-corrected chi connectivity index (χ0v) is 15.0. The number of hydrogen-bond acceptors (Lipinski definition) is 5. The number of nitrogens with one attached hydrogen (secondary N) is 1. The van der Waals surface area contributed by atoms with Crippen molar-refractivity contribution in [2.24, 2.45) is 0 Å². The van der Waals surface area contributed by atoms with Crippen LogP contribution in [0.1, 0.15) is 12.2 Å². The van der Waals surface area contributed by atoms with Gasteiger partial charge in [-0.05, 0) is 31.5 Å². The highest BCUT2D eigenvalue weighted by Crippen LogP contribution is 2.26. The Morgan fingerprint density at radius 1 is 1.31 bits per heavy atom. The number of nitrogens with zero attached hydrogens (tertiary/aromatic N) is 5. The van der Waals surface area contributed by atoms with E-state index in [1.807, 2.05) is 17.7 Å². The van der Waals surface area contributed by atoms with Crippen LogP contribution in [-0.4, -0.2) is 38.7 Å². The molecule has 3 heterocycles. The largest absolute Gasteiger partial charge is 0.369 e. The molecule has 134 valence electrons. The van der Waals surface area contributed by atoms with Crippen LogP contribution < -0.4 is 10.2 Å². The van der Waals surface area contributed by atoms with Crippen molar-refractivity contribution in [3.05, 3.63) is 59.7 Å². The highest BCUT2D eigenvalue weighted by Gasteiger charge is 2.23. The highest BCUT2D eigenvalue weighted by molar-refractivity contribution is 6.31. The molecule has 1 N–H and O–H groups in total. The van der Waals surface area contributed by atoms with Crippen LogP contribution in [0.2, 0.25) is 5.02 Å². The Bertz CT molecular complexity index is 928. The number of anilines is 2. The van der Waals surface area contributed by atoms with Crippen LogP contribution in [0.4, 0.5) is 15.9 Å². The molecule has 0 aliphatic carbocycles. The molecule has 4 rings (SSSR count). The van der Waals surface area contributed by atoms with Crippen molar-refractivity contribution < 1.29 is 4.39 Å². The molecule has 1 unspecified atom stereocenters. The minimum Gasteiger partial charge on any atom is -0.369 e. The normalized spacial score (nSPS) is 16.9. The molecule has 0 amide bonds. The summed E-state index contributed by atoms with van der Waals surface area (Å²) < 4.78 is 15.2. The Hall–Kier alpha value is -2.67. The van der Waals surface area contributed by atoms with Gasteiger partial charge in [-0.3, -0.25) is 9.55 Å². The third-order valence-corrected chi connectivity index (χ3v) is 4.79. The van der Waals surface area contributed by atoms with E-state index < -0.39 is 5.82 Å². The summed E-state index contributed by atoms with van der Waals surface area (Å²) in [6.45, 7) is 3.58. The smallest absolute Gasteiger partial charge is 0.159 e. The predicted molar refractivity (Wildman–Crippen MR) is 99.5 cm³/mol. The summed E-state index contributed by atoms with van der Waals surface area (Å²) in [4.78, 5) is 15.3. The molecule has 2 aromatic heterocycles. The van der Waals surface area contributed by atoms with Crippen molar-refractivity contribution in [2.45, 2.75) is 19.4 Å². The molecule has 1 aliphatic heterocycles. The minimum absolute atomic E-state index is 0.146. The Labute approximate surface area is 155 Å². The third kappa shape index (κ3) is 3.35. The summed E-state index contributed by atoms with van der Waals surface area (Å²) in [6.07, 6.45) is 7.97. The maximum Gasteiger partial charge on any atom is 0.159 e. The van der Waals surface area contributed by atoms with Crippen LogP contribution in [0.3, 0.4) is 0 Å². The van der Waals surface area contributed by atoms with Gasteiger partial charge in [0, 0.05) is 37.2 Å². The van der Waals surface area contributed by atoms with Gasteiger partial charge in [0.25, 0.3) is 0 Å². The quantitative estimate of drug-likeness (QED) is 0.760. The molecule has 6 nitrogen and oxygen atoms in total. The average Bonchev–Trinajstić information content (AvgIpc) is 3.27. The van der Waals surface area contributed by atoms with Crippen molar-refractivity contribution in [3.63, 3.8) is 0 Å². The van der Waals surface area contributed by atoms with E-state index in [4.69, 9.17) is 11.6 Å². The van der Waals surface area contributed by atoms with Crippen molar-refractivity contribution in [3.8, 4) is 5.82 Å². The molecule has 3 aromatic rings. The standard InChI is InChI=1S/C18H18ClFN6/c1-12-22-5-7-26(12)18-10-21-9-17(24-18)23-13-4-6-25(11-13)14-2-3-16(20)15(19)8-14/h2-3,5,7-10,13H,4,6,11H2,1H3,(H,23,24). The second-order valence-electron chi connectivity index (χ2n) is 6.28. The number of rotatable bonds is 4.